The van der Waals surface area contributed by atoms with Crippen molar-refractivity contribution in [3.8, 4) is 0 Å². The average molecular weight is 136 g/mol. The maximum absolute atomic E-state index is 3.25. The zero-order valence-corrected chi connectivity index (χ0v) is 4.96. The van der Waals surface area contributed by atoms with E-state index in [0.29, 0.717) is 0 Å². The molecule has 1 radical (unpaired) electrons. The molecule has 0 rings (SSSR count). The third-order valence-electron chi connectivity index (χ3n) is 0.398. The molecule has 1 heteroatoms. The fourth-order valence-electron chi connectivity index (χ4n) is 0.109. The van der Waals surface area contributed by atoms with Crippen LogP contribution in [0, 0.1) is 6.42 Å². The minimum absolute atomic E-state index is 1.03. The fraction of sp³-hybridized carbons (Fsp3) is 0.750. The lowest BCUT2D eigenvalue weighted by molar-refractivity contribution is 1.11. The Bertz CT molecular complexity index is 11.1. The molecule has 31 valence electrons. The van der Waals surface area contributed by atoms with Crippen molar-refractivity contribution in [1.82, 2.24) is 0 Å². The molecule has 0 saturated heterocycles. The van der Waals surface area contributed by atoms with Crippen molar-refractivity contribution in [3.63, 3.8) is 0 Å². The predicted molar refractivity (Wildman–Crippen MR) is 28.4 cm³/mol. The molecule has 0 saturated carbocycles. The Labute approximate surface area is 41.7 Å². The van der Waals surface area contributed by atoms with Crippen LogP contribution < -0.4 is 0 Å². The van der Waals surface area contributed by atoms with Gasteiger partial charge in [0.25, 0.3) is 0 Å². The van der Waals surface area contributed by atoms with Crippen molar-refractivity contribution in [2.75, 3.05) is 5.33 Å². The van der Waals surface area contributed by atoms with Crippen molar-refractivity contribution < 1.29 is 0 Å². The van der Waals surface area contributed by atoms with E-state index in [1.807, 2.05) is 0 Å². The summed E-state index contributed by atoms with van der Waals surface area (Å²) in [5, 5.41) is 1.03. The minimum atomic E-state index is 1.03. The van der Waals surface area contributed by atoms with Crippen molar-refractivity contribution in [2.45, 2.75) is 13.3 Å². The maximum Gasteiger partial charge on any atom is 0.00625 e. The number of halogens is 1. The van der Waals surface area contributed by atoms with Gasteiger partial charge in [-0.3, -0.25) is 0 Å². The molecule has 0 N–H and O–H groups in total. The second kappa shape index (κ2) is 4.48. The molecule has 0 amide bonds. The topological polar surface area (TPSA) is 0 Å². The van der Waals surface area contributed by atoms with Crippen LogP contribution >= 0.6 is 15.9 Å². The van der Waals surface area contributed by atoms with Gasteiger partial charge < -0.3 is 0 Å². The Morgan fingerprint density at radius 3 is 2.40 bits per heavy atom. The monoisotopic (exact) mass is 135 g/mol. The summed E-state index contributed by atoms with van der Waals surface area (Å²) >= 11 is 3.25. The molecule has 0 aromatic carbocycles. The van der Waals surface area contributed by atoms with Gasteiger partial charge in [0.1, 0.15) is 0 Å². The van der Waals surface area contributed by atoms with Crippen LogP contribution in [0.25, 0.3) is 0 Å². The van der Waals surface area contributed by atoms with Crippen LogP contribution in [-0.4, -0.2) is 5.33 Å². The number of hydrogen-bond donors (Lipinski definition) is 0. The Morgan fingerprint density at radius 2 is 2.40 bits per heavy atom. The quantitative estimate of drug-likeness (QED) is 0.509. The molecule has 0 unspecified atom stereocenters. The van der Waals surface area contributed by atoms with Crippen LogP contribution in [0.3, 0.4) is 0 Å². The Hall–Kier alpha value is 0.480. The molecule has 0 aromatic rings. The van der Waals surface area contributed by atoms with Gasteiger partial charge in [-0.2, -0.15) is 0 Å². The van der Waals surface area contributed by atoms with Crippen LogP contribution in [0.15, 0.2) is 0 Å². The normalized spacial score (nSPS) is 8.40. The average Bonchev–Trinajstić information content (AvgIpc) is 1.41. The van der Waals surface area contributed by atoms with Gasteiger partial charge in [-0.1, -0.05) is 29.3 Å². The summed E-state index contributed by atoms with van der Waals surface area (Å²) in [7, 11) is 0. The van der Waals surface area contributed by atoms with E-state index in [2.05, 4.69) is 29.3 Å². The molecule has 0 atom stereocenters. The predicted octanol–water partition coefficient (Wildman–Crippen LogP) is 2.00. The van der Waals surface area contributed by atoms with Gasteiger partial charge in [0.05, 0.1) is 0 Å². The van der Waals surface area contributed by atoms with Gasteiger partial charge in [0.2, 0.25) is 0 Å². The first kappa shape index (κ1) is 5.48. The summed E-state index contributed by atoms with van der Waals surface area (Å²) < 4.78 is 0. The summed E-state index contributed by atoms with van der Waals surface area (Å²) in [6.07, 6.45) is 3.34. The summed E-state index contributed by atoms with van der Waals surface area (Å²) in [4.78, 5) is 0. The number of unbranched alkanes of at least 4 members (excludes halogenated alkanes) is 1. The zero-order valence-electron chi connectivity index (χ0n) is 3.37. The van der Waals surface area contributed by atoms with E-state index in [1.165, 1.54) is 6.42 Å². The van der Waals surface area contributed by atoms with Crippen LogP contribution in [0.2, 0.25) is 0 Å². The maximum atomic E-state index is 3.25. The molecule has 0 aliphatic carbocycles. The van der Waals surface area contributed by atoms with Gasteiger partial charge in [-0.05, 0) is 6.42 Å². The van der Waals surface area contributed by atoms with Crippen molar-refractivity contribution >= 4 is 15.9 Å². The van der Waals surface area contributed by atoms with Crippen LogP contribution in [0.5, 0.6) is 0 Å². The van der Waals surface area contributed by atoms with Gasteiger partial charge in [0.15, 0.2) is 0 Å². The van der Waals surface area contributed by atoms with Crippen molar-refractivity contribution in [3.05, 3.63) is 6.42 Å². The molecule has 0 bridgehead atoms. The van der Waals surface area contributed by atoms with Crippen LogP contribution in [0.4, 0.5) is 0 Å². The molecule has 0 aromatic heterocycles. The van der Waals surface area contributed by atoms with Crippen molar-refractivity contribution in [1.29, 1.82) is 0 Å². The Balaban J connectivity index is 2.19. The number of alkyl halides is 1. The molecular weight excluding hydrogens is 128 g/mol. The van der Waals surface area contributed by atoms with Gasteiger partial charge in [0, 0.05) is 5.33 Å². The van der Waals surface area contributed by atoms with Crippen LogP contribution in [0.1, 0.15) is 13.3 Å². The Morgan fingerprint density at radius 1 is 1.80 bits per heavy atom. The summed E-state index contributed by atoms with van der Waals surface area (Å²) in [5.41, 5.74) is 0. The van der Waals surface area contributed by atoms with E-state index in [4.69, 9.17) is 0 Å². The molecule has 0 aliphatic rings. The fourth-order valence-corrected chi connectivity index (χ4v) is 0.567. The molecule has 0 nitrogen and oxygen atoms in total. The van der Waals surface area contributed by atoms with E-state index < -0.39 is 0 Å². The molecule has 0 heterocycles. The highest BCUT2D eigenvalue weighted by Gasteiger charge is 1.70. The van der Waals surface area contributed by atoms with Crippen LogP contribution in [-0.2, 0) is 0 Å². The number of hydrogen-bond acceptors (Lipinski definition) is 0. The van der Waals surface area contributed by atoms with E-state index in [-0.39, 0.29) is 0 Å². The second-order valence-electron chi connectivity index (χ2n) is 0.851. The summed E-state index contributed by atoms with van der Waals surface area (Å²) in [5.74, 6) is 0. The third kappa shape index (κ3) is 4.48. The SMILES string of the molecule is CC[CH]CBr. The van der Waals surface area contributed by atoms with E-state index in [1.54, 1.807) is 0 Å². The van der Waals surface area contributed by atoms with Gasteiger partial charge >= 0.3 is 0 Å². The van der Waals surface area contributed by atoms with E-state index in [0.717, 1.165) is 5.33 Å². The second-order valence-corrected chi connectivity index (χ2v) is 1.50. The highest BCUT2D eigenvalue weighted by atomic mass is 79.9. The molecular formula is C4H8Br. The largest absolute Gasteiger partial charge is 0.0925 e. The highest BCUT2D eigenvalue weighted by molar-refractivity contribution is 9.09. The standard InChI is InChI=1S/C4H8Br/c1-2-3-4-5/h3H,2,4H2,1H3. The van der Waals surface area contributed by atoms with E-state index in [9.17, 15) is 0 Å². The summed E-state index contributed by atoms with van der Waals surface area (Å²) in [6, 6.07) is 0. The molecule has 0 spiro atoms. The first-order valence-corrected chi connectivity index (χ1v) is 2.91. The molecule has 5 heavy (non-hydrogen) atoms. The van der Waals surface area contributed by atoms with Gasteiger partial charge in [-0.15, -0.1) is 0 Å². The molecule has 0 fully saturated rings. The smallest absolute Gasteiger partial charge is 0.00625 e. The lowest BCUT2D eigenvalue weighted by Gasteiger charge is -1.77. The summed E-state index contributed by atoms with van der Waals surface area (Å²) in [6.45, 7) is 2.13. The zero-order chi connectivity index (χ0) is 4.12. The number of rotatable bonds is 2. The third-order valence-corrected chi connectivity index (χ3v) is 0.856. The lowest BCUT2D eigenvalue weighted by atomic mass is 10.4. The highest BCUT2D eigenvalue weighted by Crippen LogP contribution is 1.87. The first-order chi connectivity index (χ1) is 2.41. The van der Waals surface area contributed by atoms with Gasteiger partial charge in [-0.25, -0.2) is 0 Å². The first-order valence-electron chi connectivity index (χ1n) is 1.79. The Kier molecular flexibility index (Phi) is 4.91. The van der Waals surface area contributed by atoms with Crippen molar-refractivity contribution in [2.24, 2.45) is 0 Å². The lowest BCUT2D eigenvalue weighted by Crippen LogP contribution is -1.66. The molecule has 0 aliphatic heterocycles. The minimum Gasteiger partial charge on any atom is -0.0925 e. The van der Waals surface area contributed by atoms with E-state index >= 15 is 0 Å².